The van der Waals surface area contributed by atoms with Crippen molar-refractivity contribution >= 4 is 10.1 Å². The van der Waals surface area contributed by atoms with E-state index in [-0.39, 0.29) is 32.8 Å². The van der Waals surface area contributed by atoms with Crippen LogP contribution in [0.25, 0.3) is 0 Å². The van der Waals surface area contributed by atoms with Crippen molar-refractivity contribution in [2.24, 2.45) is 0 Å². The molecule has 0 bridgehead atoms. The molecule has 0 unspecified atom stereocenters. The van der Waals surface area contributed by atoms with Crippen LogP contribution in [0, 0.1) is 18.8 Å². The Labute approximate surface area is 149 Å². The fraction of sp³-hybridized carbons (Fsp3) is 0.143. The highest BCUT2D eigenvalue weighted by Crippen LogP contribution is 2.27. The van der Waals surface area contributed by atoms with E-state index in [0.29, 0.717) is 0 Å². The van der Waals surface area contributed by atoms with E-state index < -0.39 is 21.8 Å². The van der Waals surface area contributed by atoms with Crippen LogP contribution in [0.2, 0.25) is 0 Å². The molecule has 2 aromatic rings. The van der Waals surface area contributed by atoms with Gasteiger partial charge in [0.15, 0.2) is 17.3 Å². The van der Waals surface area contributed by atoms with Gasteiger partial charge in [0.2, 0.25) is 0 Å². The van der Waals surface area contributed by atoms with Crippen molar-refractivity contribution in [3.05, 3.63) is 67.3 Å². The number of alkyl halides is 4. The third-order valence-electron chi connectivity index (χ3n) is 2.41. The van der Waals surface area contributed by atoms with Crippen LogP contribution in [0.1, 0.15) is 0 Å². The maximum atomic E-state index is 12.6. The molecule has 0 saturated heterocycles. The summed E-state index contributed by atoms with van der Waals surface area (Å²) in [6.45, 7) is 0. The van der Waals surface area contributed by atoms with Crippen molar-refractivity contribution in [1.29, 1.82) is 0 Å². The van der Waals surface area contributed by atoms with Crippen LogP contribution in [0.3, 0.4) is 0 Å². The average Bonchev–Trinajstić information content (AvgIpc) is 2.51. The molecule has 0 aliphatic rings. The van der Waals surface area contributed by atoms with Gasteiger partial charge in [-0.2, -0.15) is 8.78 Å². The quantitative estimate of drug-likeness (QED) is 0.351. The zero-order valence-corrected chi connectivity index (χ0v) is 14.9. The molecule has 2 rings (SSSR count). The molecule has 3 nitrogen and oxygen atoms in total. The summed E-state index contributed by atoms with van der Waals surface area (Å²) in [6.07, 6.45) is -4.48. The third kappa shape index (κ3) is 6.82. The van der Waals surface area contributed by atoms with Crippen molar-refractivity contribution in [3.63, 3.8) is 0 Å². The maximum Gasteiger partial charge on any atom is 0.393 e. The molecule has 0 fully saturated rings. The second-order valence-corrected chi connectivity index (χ2v) is 8.77. The fourth-order valence-corrected chi connectivity index (χ4v) is 3.60. The first-order valence-electron chi connectivity index (χ1n) is 6.21. The molecule has 2 aromatic carbocycles. The Balaban J connectivity index is 0.000000275. The third-order valence-corrected chi connectivity index (χ3v) is 5.94. The summed E-state index contributed by atoms with van der Waals surface area (Å²) in [5.74, 6) is -0.441. The molecule has 11 heteroatoms. The zero-order valence-electron chi connectivity index (χ0n) is 12.0. The number of rotatable bonds is 4. The van der Waals surface area contributed by atoms with Gasteiger partial charge in [-0.25, -0.2) is 26.0 Å². The number of halogens is 7. The first kappa shape index (κ1) is 21.7. The molecule has 25 heavy (non-hydrogen) atoms. The van der Waals surface area contributed by atoms with Gasteiger partial charge in [-0.1, -0.05) is 0 Å². The van der Waals surface area contributed by atoms with E-state index in [0.717, 1.165) is 7.14 Å². The molecular formula is C14H9F6IO3S. The Hall–Kier alpha value is -1.34. The number of hydrogen-bond acceptors (Lipinski definition) is 3. The monoisotopic (exact) mass is 498 g/mol. The highest BCUT2D eigenvalue weighted by atomic mass is 127. The molecule has 0 aliphatic carbocycles. The summed E-state index contributed by atoms with van der Waals surface area (Å²) in [5, 5.41) is -5.48. The minimum atomic E-state index is -6.23. The lowest BCUT2D eigenvalue weighted by Gasteiger charge is -2.17. The van der Waals surface area contributed by atoms with Crippen LogP contribution >= 0.6 is 0 Å². The van der Waals surface area contributed by atoms with E-state index in [1.165, 1.54) is 24.3 Å². The first-order valence-corrected chi connectivity index (χ1v) is 9.77. The van der Waals surface area contributed by atoms with Crippen LogP contribution in [0.4, 0.5) is 26.3 Å². The minimum absolute atomic E-state index is 0.220. The highest BCUT2D eigenvalue weighted by Gasteiger charge is 2.48. The summed E-state index contributed by atoms with van der Waals surface area (Å²) >= 11 is -0.330. The van der Waals surface area contributed by atoms with Gasteiger partial charge < -0.3 is 4.55 Å². The van der Waals surface area contributed by atoms with E-state index >= 15 is 0 Å². The molecule has 0 aliphatic heterocycles. The van der Waals surface area contributed by atoms with Gasteiger partial charge >= 0.3 is 32.9 Å². The Morgan fingerprint density at radius 3 is 1.36 bits per heavy atom. The molecule has 0 radical (unpaired) electrons. The van der Waals surface area contributed by atoms with Gasteiger partial charge in [-0.15, -0.1) is 0 Å². The number of benzene rings is 2. The van der Waals surface area contributed by atoms with Gasteiger partial charge in [0.25, 0.3) is 0 Å². The lowest BCUT2D eigenvalue weighted by atomic mass is 10.4. The standard InChI is InChI=1S/C12H8F2I.C2H2F4O3S/c13-9-1-5-11(6-2-9)15-12-7-3-10(14)4-8-12;3-1(4)2(5,6)10(7,8)9/h1-8H;1H,(H,7,8,9)/q+1;/p-1. The second kappa shape index (κ2) is 8.85. The van der Waals surface area contributed by atoms with Crippen molar-refractivity contribution in [1.82, 2.24) is 0 Å². The summed E-state index contributed by atoms with van der Waals surface area (Å²) in [6, 6.07) is 13.0. The molecule has 0 amide bonds. The molecule has 0 heterocycles. The lowest BCUT2D eigenvalue weighted by Crippen LogP contribution is -3.61. The van der Waals surface area contributed by atoms with Crippen LogP contribution in [0.15, 0.2) is 48.5 Å². The zero-order chi connectivity index (χ0) is 19.3. The van der Waals surface area contributed by atoms with Gasteiger partial charge in [0.1, 0.15) is 11.6 Å². The van der Waals surface area contributed by atoms with Gasteiger partial charge in [0, 0.05) is 0 Å². The van der Waals surface area contributed by atoms with E-state index in [4.69, 9.17) is 0 Å². The molecule has 0 atom stereocenters. The Kier molecular flexibility index (Phi) is 7.68. The van der Waals surface area contributed by atoms with Gasteiger partial charge in [-0.3, -0.25) is 0 Å². The molecule has 0 saturated carbocycles. The number of hydrogen-bond donors (Lipinski definition) is 0. The van der Waals surface area contributed by atoms with Crippen LogP contribution in [-0.4, -0.2) is 24.7 Å². The lowest BCUT2D eigenvalue weighted by molar-refractivity contribution is -0.597. The highest BCUT2D eigenvalue weighted by molar-refractivity contribution is 7.86. The molecule has 138 valence electrons. The average molecular weight is 498 g/mol. The maximum absolute atomic E-state index is 12.6. The van der Waals surface area contributed by atoms with Crippen LogP contribution in [-0.2, 0) is 10.1 Å². The topological polar surface area (TPSA) is 57.2 Å². The first-order chi connectivity index (χ1) is 11.4. The molecule has 0 spiro atoms. The summed E-state index contributed by atoms with van der Waals surface area (Å²) in [7, 11) is -6.23. The molecule has 0 N–H and O–H groups in total. The molecule has 0 aromatic heterocycles. The van der Waals surface area contributed by atoms with Crippen molar-refractivity contribution in [2.75, 3.05) is 0 Å². The van der Waals surface area contributed by atoms with E-state index in [1.54, 1.807) is 24.3 Å². The van der Waals surface area contributed by atoms with Gasteiger partial charge in [-0.05, 0) is 48.5 Å². The molecular weight excluding hydrogens is 489 g/mol. The summed E-state index contributed by atoms with van der Waals surface area (Å²) < 4.78 is 100. The summed E-state index contributed by atoms with van der Waals surface area (Å²) in [4.78, 5) is 0. The predicted molar refractivity (Wildman–Crippen MR) is 70.8 cm³/mol. The summed E-state index contributed by atoms with van der Waals surface area (Å²) in [5.41, 5.74) is 0. The SMILES string of the molecule is Fc1ccc([I+]c2ccc(F)cc2)cc1.O=S(=O)([O-])C(F)(F)C(F)F. The minimum Gasteiger partial charge on any atom is -0.743 e. The van der Waals surface area contributed by atoms with E-state index in [1.807, 2.05) is 0 Å². The van der Waals surface area contributed by atoms with Crippen molar-refractivity contribution in [3.8, 4) is 0 Å². The normalized spacial score (nSPS) is 11.8. The van der Waals surface area contributed by atoms with Gasteiger partial charge in [0.05, 0.1) is 0 Å². The van der Waals surface area contributed by atoms with E-state index in [2.05, 4.69) is 0 Å². The van der Waals surface area contributed by atoms with Crippen LogP contribution < -0.4 is 21.2 Å². The fourth-order valence-electron chi connectivity index (χ4n) is 1.22. The Morgan fingerprint density at radius 2 is 1.16 bits per heavy atom. The Bertz CT molecular complexity index is 736. The second-order valence-electron chi connectivity index (χ2n) is 4.28. The van der Waals surface area contributed by atoms with E-state index in [9.17, 15) is 39.3 Å². The van der Waals surface area contributed by atoms with Crippen LogP contribution in [0.5, 0.6) is 0 Å². The Morgan fingerprint density at radius 1 is 0.840 bits per heavy atom. The predicted octanol–water partition coefficient (Wildman–Crippen LogP) is 0.483. The van der Waals surface area contributed by atoms with Crippen molar-refractivity contribution < 1.29 is 60.5 Å². The largest absolute Gasteiger partial charge is 0.743 e. The smallest absolute Gasteiger partial charge is 0.393 e. The van der Waals surface area contributed by atoms with Crippen molar-refractivity contribution in [2.45, 2.75) is 11.7 Å².